The van der Waals surface area contributed by atoms with Crippen molar-refractivity contribution in [2.75, 3.05) is 0 Å². The van der Waals surface area contributed by atoms with Gasteiger partial charge in [-0.25, -0.2) is 0 Å². The van der Waals surface area contributed by atoms with Crippen LogP contribution in [-0.4, -0.2) is 18.1 Å². The van der Waals surface area contributed by atoms with Crippen molar-refractivity contribution in [3.8, 4) is 5.75 Å². The normalized spacial score (nSPS) is 28.4. The van der Waals surface area contributed by atoms with Crippen LogP contribution >= 0.6 is 0 Å². The van der Waals surface area contributed by atoms with Crippen LogP contribution in [0.3, 0.4) is 0 Å². The molecule has 2 fully saturated rings. The van der Waals surface area contributed by atoms with Crippen molar-refractivity contribution in [1.82, 2.24) is 5.32 Å². The average Bonchev–Trinajstić information content (AvgIpc) is 3.05. The molecule has 2 bridgehead atoms. The van der Waals surface area contributed by atoms with Crippen LogP contribution in [0.25, 0.3) is 0 Å². The van der Waals surface area contributed by atoms with E-state index in [0.29, 0.717) is 12.0 Å². The van der Waals surface area contributed by atoms with Gasteiger partial charge in [0.25, 0.3) is 5.91 Å². The number of benzene rings is 1. The molecule has 114 valence electrons. The van der Waals surface area contributed by atoms with Gasteiger partial charge in [-0.15, -0.1) is 0 Å². The molecule has 1 aromatic rings. The summed E-state index contributed by atoms with van der Waals surface area (Å²) in [7, 11) is 0. The number of ether oxygens (including phenoxy) is 1. The molecule has 4 atom stereocenters. The highest BCUT2D eigenvalue weighted by Gasteiger charge is 2.40. The second kappa shape index (κ2) is 5.70. The molecule has 4 unspecified atom stereocenters. The number of rotatable bonds is 4. The van der Waals surface area contributed by atoms with Gasteiger partial charge in [0.2, 0.25) is 0 Å². The highest BCUT2D eigenvalue weighted by Crippen LogP contribution is 2.44. The fourth-order valence-electron chi connectivity index (χ4n) is 3.77. The van der Waals surface area contributed by atoms with Crippen LogP contribution in [0.5, 0.6) is 5.75 Å². The zero-order chi connectivity index (χ0) is 15.0. The quantitative estimate of drug-likeness (QED) is 0.922. The third kappa shape index (κ3) is 3.07. The molecule has 0 saturated heterocycles. The number of fused-ring (bicyclic) bond motifs is 2. The Morgan fingerprint density at radius 2 is 2.05 bits per heavy atom. The molecule has 1 amide bonds. The van der Waals surface area contributed by atoms with E-state index in [-0.39, 0.29) is 5.91 Å². The third-order valence-electron chi connectivity index (χ3n) is 5.23. The third-order valence-corrected chi connectivity index (χ3v) is 5.23. The number of aryl methyl sites for hydroxylation is 2. The van der Waals surface area contributed by atoms with Crippen LogP contribution in [0.2, 0.25) is 0 Å². The van der Waals surface area contributed by atoms with Gasteiger partial charge >= 0.3 is 0 Å². The van der Waals surface area contributed by atoms with Gasteiger partial charge in [0.15, 0.2) is 6.10 Å². The van der Waals surface area contributed by atoms with Gasteiger partial charge in [0.1, 0.15) is 5.75 Å². The lowest BCUT2D eigenvalue weighted by Crippen LogP contribution is -2.44. The number of nitrogens with one attached hydrogen (secondary N) is 1. The van der Waals surface area contributed by atoms with E-state index in [1.165, 1.54) is 30.4 Å². The van der Waals surface area contributed by atoms with E-state index in [4.69, 9.17) is 4.74 Å². The first-order valence-electron chi connectivity index (χ1n) is 8.07. The maximum atomic E-state index is 12.3. The summed E-state index contributed by atoms with van der Waals surface area (Å²) in [4.78, 5) is 12.3. The maximum Gasteiger partial charge on any atom is 0.261 e. The summed E-state index contributed by atoms with van der Waals surface area (Å²) in [5.41, 5.74) is 2.43. The predicted molar refractivity (Wildman–Crippen MR) is 83.4 cm³/mol. The van der Waals surface area contributed by atoms with Crippen molar-refractivity contribution in [2.24, 2.45) is 11.8 Å². The van der Waals surface area contributed by atoms with Crippen LogP contribution in [0, 0.1) is 25.7 Å². The highest BCUT2D eigenvalue weighted by molar-refractivity contribution is 5.81. The minimum absolute atomic E-state index is 0.0192. The Labute approximate surface area is 127 Å². The molecular formula is C18H25NO2. The number of carbonyl (C=O) groups is 1. The molecule has 1 N–H and O–H groups in total. The van der Waals surface area contributed by atoms with E-state index in [0.717, 1.165) is 18.1 Å². The van der Waals surface area contributed by atoms with E-state index in [9.17, 15) is 4.79 Å². The molecule has 2 aliphatic rings. The highest BCUT2D eigenvalue weighted by atomic mass is 16.5. The van der Waals surface area contributed by atoms with Crippen molar-refractivity contribution in [2.45, 2.75) is 58.6 Å². The standard InChI is InChI=1S/C18H25NO2/c1-11-4-7-16(8-12(11)2)21-13(3)18(20)19-17-10-14-5-6-15(17)9-14/h4,7-8,13-15,17H,5-6,9-10H2,1-3H3,(H,19,20). The lowest BCUT2D eigenvalue weighted by molar-refractivity contribution is -0.128. The molecule has 0 radical (unpaired) electrons. The number of amides is 1. The van der Waals surface area contributed by atoms with Crippen molar-refractivity contribution < 1.29 is 9.53 Å². The Hall–Kier alpha value is -1.51. The smallest absolute Gasteiger partial charge is 0.261 e. The Bertz CT molecular complexity index is 540. The first-order chi connectivity index (χ1) is 10.0. The largest absolute Gasteiger partial charge is 0.481 e. The number of hydrogen-bond donors (Lipinski definition) is 1. The van der Waals surface area contributed by atoms with E-state index >= 15 is 0 Å². The van der Waals surface area contributed by atoms with E-state index in [1.54, 1.807) is 0 Å². The molecule has 21 heavy (non-hydrogen) atoms. The summed E-state index contributed by atoms with van der Waals surface area (Å²) < 4.78 is 5.79. The van der Waals surface area contributed by atoms with Gasteiger partial charge in [0, 0.05) is 6.04 Å². The molecule has 0 aromatic heterocycles. The molecule has 3 nitrogen and oxygen atoms in total. The van der Waals surface area contributed by atoms with Crippen LogP contribution in [0.1, 0.15) is 43.7 Å². The van der Waals surface area contributed by atoms with Crippen LogP contribution in [0.15, 0.2) is 18.2 Å². The van der Waals surface area contributed by atoms with E-state index < -0.39 is 6.10 Å². The molecule has 2 aliphatic carbocycles. The topological polar surface area (TPSA) is 38.3 Å². The zero-order valence-corrected chi connectivity index (χ0v) is 13.2. The second-order valence-corrected chi connectivity index (χ2v) is 6.80. The molecule has 3 heteroatoms. The minimum atomic E-state index is -0.439. The second-order valence-electron chi connectivity index (χ2n) is 6.80. The van der Waals surface area contributed by atoms with Gasteiger partial charge in [-0.1, -0.05) is 12.5 Å². The van der Waals surface area contributed by atoms with Crippen molar-refractivity contribution in [1.29, 1.82) is 0 Å². The Morgan fingerprint density at radius 3 is 2.67 bits per heavy atom. The molecule has 2 saturated carbocycles. The van der Waals surface area contributed by atoms with E-state index in [1.807, 2.05) is 25.1 Å². The summed E-state index contributed by atoms with van der Waals surface area (Å²) in [5.74, 6) is 2.34. The number of carbonyl (C=O) groups excluding carboxylic acids is 1. The molecule has 0 aliphatic heterocycles. The van der Waals surface area contributed by atoms with Crippen molar-refractivity contribution in [3.05, 3.63) is 29.3 Å². The maximum absolute atomic E-state index is 12.3. The summed E-state index contributed by atoms with van der Waals surface area (Å²) in [6.45, 7) is 5.96. The lowest BCUT2D eigenvalue weighted by Gasteiger charge is -2.25. The fraction of sp³-hybridized carbons (Fsp3) is 0.611. The first-order valence-corrected chi connectivity index (χ1v) is 8.07. The Balaban J connectivity index is 1.56. The average molecular weight is 287 g/mol. The summed E-state index contributed by atoms with van der Waals surface area (Å²) in [5, 5.41) is 3.19. The fourth-order valence-corrected chi connectivity index (χ4v) is 3.77. The zero-order valence-electron chi connectivity index (χ0n) is 13.2. The summed E-state index contributed by atoms with van der Waals surface area (Å²) >= 11 is 0. The Kier molecular flexibility index (Phi) is 3.92. The van der Waals surface area contributed by atoms with Gasteiger partial charge < -0.3 is 10.1 Å². The van der Waals surface area contributed by atoms with Crippen LogP contribution in [-0.2, 0) is 4.79 Å². The first kappa shape index (κ1) is 14.4. The Morgan fingerprint density at radius 1 is 1.24 bits per heavy atom. The van der Waals surface area contributed by atoms with Gasteiger partial charge in [-0.3, -0.25) is 4.79 Å². The predicted octanol–water partition coefficient (Wildman–Crippen LogP) is 3.38. The molecule has 3 rings (SSSR count). The van der Waals surface area contributed by atoms with Gasteiger partial charge in [-0.05, 0) is 75.1 Å². The lowest BCUT2D eigenvalue weighted by atomic mass is 9.95. The van der Waals surface area contributed by atoms with Crippen molar-refractivity contribution >= 4 is 5.91 Å². The van der Waals surface area contributed by atoms with Crippen molar-refractivity contribution in [3.63, 3.8) is 0 Å². The minimum Gasteiger partial charge on any atom is -0.481 e. The molecule has 0 heterocycles. The summed E-state index contributed by atoms with van der Waals surface area (Å²) in [6.07, 6.45) is 4.66. The molecule has 0 spiro atoms. The van der Waals surface area contributed by atoms with Gasteiger partial charge in [-0.2, -0.15) is 0 Å². The van der Waals surface area contributed by atoms with E-state index in [2.05, 4.69) is 19.2 Å². The van der Waals surface area contributed by atoms with Crippen LogP contribution < -0.4 is 10.1 Å². The van der Waals surface area contributed by atoms with Gasteiger partial charge in [0.05, 0.1) is 0 Å². The molecular weight excluding hydrogens is 262 g/mol. The van der Waals surface area contributed by atoms with Crippen LogP contribution in [0.4, 0.5) is 0 Å². The number of hydrogen-bond acceptors (Lipinski definition) is 2. The molecule has 1 aromatic carbocycles. The SMILES string of the molecule is Cc1ccc(OC(C)C(=O)NC2CC3CCC2C3)cc1C. The monoisotopic (exact) mass is 287 g/mol. The summed E-state index contributed by atoms with van der Waals surface area (Å²) in [6, 6.07) is 6.34.